The van der Waals surface area contributed by atoms with Crippen molar-refractivity contribution in [2.45, 2.75) is 4.90 Å². The van der Waals surface area contributed by atoms with Crippen LogP contribution in [0.4, 0.5) is 0 Å². The van der Waals surface area contributed by atoms with Gasteiger partial charge in [0.15, 0.2) is 0 Å². The second-order valence-electron chi connectivity index (χ2n) is 3.38. The molecule has 9 heteroatoms. The van der Waals surface area contributed by atoms with E-state index >= 15 is 0 Å². The number of hydrogen-bond acceptors (Lipinski definition) is 5. The van der Waals surface area contributed by atoms with Crippen LogP contribution in [0.15, 0.2) is 27.6 Å². The molecule has 1 rings (SSSR count). The van der Waals surface area contributed by atoms with Crippen molar-refractivity contribution in [3.8, 4) is 0 Å². The van der Waals surface area contributed by atoms with Gasteiger partial charge in [-0.15, -0.1) is 0 Å². The Morgan fingerprint density at radius 3 is 2.63 bits per heavy atom. The van der Waals surface area contributed by atoms with Crippen LogP contribution in [0.25, 0.3) is 0 Å². The number of methoxy groups -OCH3 is 1. The lowest BCUT2D eigenvalue weighted by Gasteiger charge is -2.09. The Morgan fingerprint density at radius 2 is 2.11 bits per heavy atom. The molecule has 7 nitrogen and oxygen atoms in total. The zero-order valence-electron chi connectivity index (χ0n) is 9.92. The summed E-state index contributed by atoms with van der Waals surface area (Å²) < 4.78 is 28.5. The summed E-state index contributed by atoms with van der Waals surface area (Å²) >= 11 is 3.01. The molecule has 0 bridgehead atoms. The highest BCUT2D eigenvalue weighted by Gasteiger charge is 2.19. The van der Waals surface area contributed by atoms with Crippen molar-refractivity contribution in [2.24, 2.45) is 0 Å². The first-order chi connectivity index (χ1) is 8.88. The largest absolute Gasteiger partial charge is 0.478 e. The van der Waals surface area contributed by atoms with Crippen LogP contribution >= 0.6 is 15.9 Å². The first kappa shape index (κ1) is 16.1. The van der Waals surface area contributed by atoms with E-state index in [-0.39, 0.29) is 28.1 Å². The summed E-state index contributed by atoms with van der Waals surface area (Å²) in [6.45, 7) is 0.294. The summed E-state index contributed by atoms with van der Waals surface area (Å²) in [7, 11) is -2.42. The quantitative estimate of drug-likeness (QED) is 0.560. The average molecular weight is 354 g/mol. The monoisotopic (exact) mass is 353 g/mol. The Labute approximate surface area is 118 Å². The summed E-state index contributed by atoms with van der Waals surface area (Å²) in [6, 6.07) is 3.57. The predicted octanol–water partition coefficient (Wildman–Crippen LogP) is 1.00. The Balaban J connectivity index is 2.87. The molecule has 0 aliphatic carbocycles. The third-order valence-corrected chi connectivity index (χ3v) is 4.22. The van der Waals surface area contributed by atoms with Crippen molar-refractivity contribution in [3.63, 3.8) is 0 Å². The first-order valence-corrected chi connectivity index (χ1v) is 7.31. The zero-order valence-corrected chi connectivity index (χ0v) is 12.3. The summed E-state index contributed by atoms with van der Waals surface area (Å²) in [5.74, 6) is -1.14. The predicted molar refractivity (Wildman–Crippen MR) is 69.3 cm³/mol. The molecule has 1 aromatic rings. The van der Waals surface area contributed by atoms with Crippen molar-refractivity contribution < 1.29 is 27.9 Å². The standard InChI is InChI=1S/C10H12BrNO6S/c1-17-4-5-18-12-19(15,16)9-3-2-7(10(13)14)6-8(9)11/h2-3,6,12H,4-5H2,1H3,(H,13,14). The number of rotatable bonds is 7. The van der Waals surface area contributed by atoms with Gasteiger partial charge in [-0.25, -0.2) is 13.2 Å². The van der Waals surface area contributed by atoms with Gasteiger partial charge >= 0.3 is 5.97 Å². The van der Waals surface area contributed by atoms with E-state index < -0.39 is 16.0 Å². The topological polar surface area (TPSA) is 102 Å². The normalized spacial score (nSPS) is 11.5. The number of carbonyl (C=O) groups is 1. The first-order valence-electron chi connectivity index (χ1n) is 5.04. The summed E-state index contributed by atoms with van der Waals surface area (Å²) in [4.78, 5) is 17.3. The van der Waals surface area contributed by atoms with Gasteiger partial charge in [-0.3, -0.25) is 4.84 Å². The number of benzene rings is 1. The Kier molecular flexibility index (Phi) is 5.88. The molecule has 0 saturated heterocycles. The summed E-state index contributed by atoms with van der Waals surface area (Å²) in [6.07, 6.45) is 0. The van der Waals surface area contributed by atoms with Crippen molar-refractivity contribution in [3.05, 3.63) is 28.2 Å². The van der Waals surface area contributed by atoms with Crippen molar-refractivity contribution in [1.82, 2.24) is 4.89 Å². The van der Waals surface area contributed by atoms with Crippen LogP contribution in [0.5, 0.6) is 0 Å². The lowest BCUT2D eigenvalue weighted by Crippen LogP contribution is -2.26. The van der Waals surface area contributed by atoms with Crippen LogP contribution in [-0.4, -0.2) is 39.8 Å². The van der Waals surface area contributed by atoms with Gasteiger partial charge in [0.25, 0.3) is 10.0 Å². The number of nitrogens with one attached hydrogen (secondary N) is 1. The number of carboxylic acids is 1. The molecule has 2 N–H and O–H groups in total. The van der Waals surface area contributed by atoms with Crippen LogP contribution in [0.3, 0.4) is 0 Å². The third kappa shape index (κ3) is 4.55. The van der Waals surface area contributed by atoms with E-state index in [0.717, 1.165) is 0 Å². The van der Waals surface area contributed by atoms with E-state index in [9.17, 15) is 13.2 Å². The molecule has 19 heavy (non-hydrogen) atoms. The average Bonchev–Trinajstić information content (AvgIpc) is 2.34. The van der Waals surface area contributed by atoms with E-state index in [0.29, 0.717) is 0 Å². The molecule has 0 atom stereocenters. The lowest BCUT2D eigenvalue weighted by atomic mass is 10.2. The third-order valence-electron chi connectivity index (χ3n) is 2.03. The molecule has 0 aliphatic rings. The number of carboxylic acid groups (broad SMARTS) is 1. The van der Waals surface area contributed by atoms with Crippen molar-refractivity contribution in [2.75, 3.05) is 20.3 Å². The number of halogens is 1. The van der Waals surface area contributed by atoms with E-state index in [4.69, 9.17) is 14.7 Å². The van der Waals surface area contributed by atoms with E-state index in [1.165, 1.54) is 25.3 Å². The SMILES string of the molecule is COCCONS(=O)(=O)c1ccc(C(=O)O)cc1Br. The van der Waals surface area contributed by atoms with Gasteiger partial charge in [0.05, 0.1) is 23.7 Å². The van der Waals surface area contributed by atoms with Crippen LogP contribution < -0.4 is 4.89 Å². The van der Waals surface area contributed by atoms with Crippen LogP contribution in [0, 0.1) is 0 Å². The molecule has 0 spiro atoms. The Hall–Kier alpha value is -1.00. The zero-order chi connectivity index (χ0) is 14.5. The van der Waals surface area contributed by atoms with E-state index in [2.05, 4.69) is 15.9 Å². The fourth-order valence-corrected chi connectivity index (χ4v) is 3.05. The fourth-order valence-electron chi connectivity index (χ4n) is 1.14. The summed E-state index contributed by atoms with van der Waals surface area (Å²) in [5.41, 5.74) is -0.0221. The maximum absolute atomic E-state index is 11.8. The number of ether oxygens (including phenoxy) is 1. The van der Waals surface area contributed by atoms with E-state index in [1.807, 2.05) is 4.89 Å². The van der Waals surface area contributed by atoms with Gasteiger partial charge in [0.2, 0.25) is 0 Å². The van der Waals surface area contributed by atoms with E-state index in [1.54, 1.807) is 0 Å². The van der Waals surface area contributed by atoms with Crippen molar-refractivity contribution in [1.29, 1.82) is 0 Å². The van der Waals surface area contributed by atoms with Gasteiger partial charge in [-0.1, -0.05) is 4.89 Å². The highest BCUT2D eigenvalue weighted by Crippen LogP contribution is 2.23. The number of aromatic carboxylic acids is 1. The van der Waals surface area contributed by atoms with Gasteiger partial charge in [0.1, 0.15) is 0 Å². The molecule has 0 fully saturated rings. The van der Waals surface area contributed by atoms with Crippen molar-refractivity contribution >= 4 is 31.9 Å². The smallest absolute Gasteiger partial charge is 0.335 e. The highest BCUT2D eigenvalue weighted by molar-refractivity contribution is 9.10. The minimum absolute atomic E-state index is 0.0221. The van der Waals surface area contributed by atoms with Crippen LogP contribution in [0.2, 0.25) is 0 Å². The molecular formula is C10H12BrNO6S. The molecule has 0 heterocycles. The van der Waals surface area contributed by atoms with Gasteiger partial charge in [0, 0.05) is 11.6 Å². The van der Waals surface area contributed by atoms with Gasteiger partial charge in [-0.2, -0.15) is 0 Å². The fraction of sp³-hybridized carbons (Fsp3) is 0.300. The molecule has 0 unspecified atom stereocenters. The minimum atomic E-state index is -3.88. The molecule has 0 aliphatic heterocycles. The highest BCUT2D eigenvalue weighted by atomic mass is 79.9. The molecule has 0 saturated carbocycles. The van der Waals surface area contributed by atoms with Gasteiger partial charge in [-0.05, 0) is 34.1 Å². The molecule has 0 amide bonds. The second kappa shape index (κ2) is 6.96. The molecule has 0 radical (unpaired) electrons. The lowest BCUT2D eigenvalue weighted by molar-refractivity contribution is 0.0438. The van der Waals surface area contributed by atoms with Crippen LogP contribution in [-0.2, 0) is 19.6 Å². The summed E-state index contributed by atoms with van der Waals surface area (Å²) in [5, 5.41) is 8.78. The Bertz CT molecular complexity index is 559. The molecular weight excluding hydrogens is 342 g/mol. The Morgan fingerprint density at radius 1 is 1.42 bits per heavy atom. The maximum atomic E-state index is 11.8. The molecule has 1 aromatic carbocycles. The second-order valence-corrected chi connectivity index (χ2v) is 5.85. The molecule has 106 valence electrons. The number of sulfonamides is 1. The van der Waals surface area contributed by atoms with Crippen LogP contribution in [0.1, 0.15) is 10.4 Å². The molecule has 0 aromatic heterocycles. The number of hydrogen-bond donors (Lipinski definition) is 2. The van der Waals surface area contributed by atoms with Gasteiger partial charge < -0.3 is 9.84 Å². The minimum Gasteiger partial charge on any atom is -0.478 e. The maximum Gasteiger partial charge on any atom is 0.335 e.